The summed E-state index contributed by atoms with van der Waals surface area (Å²) in [5.41, 5.74) is 10.0. The molecular weight excluding hydrogens is 400 g/mol. The summed E-state index contributed by atoms with van der Waals surface area (Å²) in [5.74, 6) is 1.87. The number of rotatable bonds is 2. The molecule has 0 amide bonds. The molecule has 9 nitrogen and oxygen atoms in total. The van der Waals surface area contributed by atoms with E-state index in [0.717, 1.165) is 47.8 Å². The smallest absolute Gasteiger partial charge is 0.228 e. The van der Waals surface area contributed by atoms with Gasteiger partial charge in [-0.15, -0.1) is 11.3 Å². The number of imidazole rings is 1. The molecule has 2 N–H and O–H groups in total. The van der Waals surface area contributed by atoms with Gasteiger partial charge in [-0.2, -0.15) is 4.98 Å². The molecule has 152 valence electrons. The number of ether oxygens (including phenoxy) is 1. The van der Waals surface area contributed by atoms with Crippen molar-refractivity contribution >= 4 is 34.4 Å². The van der Waals surface area contributed by atoms with Crippen molar-refractivity contribution in [1.82, 2.24) is 29.5 Å². The monoisotopic (exact) mass is 420 g/mol. The number of hydrogen-bond donors (Lipinski definition) is 1. The Bertz CT molecular complexity index is 1240. The van der Waals surface area contributed by atoms with E-state index in [2.05, 4.69) is 37.8 Å². The first-order valence-electron chi connectivity index (χ1n) is 9.96. The molecule has 1 atom stereocenters. The Kier molecular flexibility index (Phi) is 3.96. The van der Waals surface area contributed by atoms with E-state index in [1.165, 1.54) is 10.4 Å². The lowest BCUT2D eigenvalue weighted by atomic mass is 10.1. The van der Waals surface area contributed by atoms with Crippen molar-refractivity contribution in [2.75, 3.05) is 36.9 Å². The third kappa shape index (κ3) is 2.67. The van der Waals surface area contributed by atoms with Crippen molar-refractivity contribution in [3.8, 4) is 22.6 Å². The van der Waals surface area contributed by atoms with Crippen molar-refractivity contribution in [3.05, 3.63) is 28.7 Å². The Balaban J connectivity index is 1.63. The van der Waals surface area contributed by atoms with Crippen LogP contribution in [0.3, 0.4) is 0 Å². The van der Waals surface area contributed by atoms with Crippen molar-refractivity contribution < 1.29 is 4.74 Å². The van der Waals surface area contributed by atoms with Crippen LogP contribution in [0.15, 0.2) is 23.8 Å². The summed E-state index contributed by atoms with van der Waals surface area (Å²) >= 11 is 1.79. The molecule has 0 aromatic carbocycles. The highest BCUT2D eigenvalue weighted by atomic mass is 32.1. The zero-order valence-electron chi connectivity index (χ0n) is 16.4. The van der Waals surface area contributed by atoms with Crippen LogP contribution in [0.5, 0.6) is 0 Å². The van der Waals surface area contributed by atoms with E-state index in [1.807, 2.05) is 0 Å². The molecule has 0 spiro atoms. The number of thiophene rings is 1. The van der Waals surface area contributed by atoms with Crippen LogP contribution in [-0.2, 0) is 11.2 Å². The minimum Gasteiger partial charge on any atom is -0.378 e. The van der Waals surface area contributed by atoms with Gasteiger partial charge in [0, 0.05) is 53.9 Å². The van der Waals surface area contributed by atoms with Crippen LogP contribution >= 0.6 is 11.3 Å². The second-order valence-corrected chi connectivity index (χ2v) is 8.59. The van der Waals surface area contributed by atoms with Gasteiger partial charge in [-0.05, 0) is 18.4 Å². The van der Waals surface area contributed by atoms with Gasteiger partial charge >= 0.3 is 0 Å². The number of nitrogens with two attached hydrogens (primary N) is 1. The zero-order valence-corrected chi connectivity index (χ0v) is 17.3. The Labute approximate surface area is 176 Å². The lowest BCUT2D eigenvalue weighted by Gasteiger charge is -2.27. The molecule has 1 fully saturated rings. The average molecular weight is 421 g/mol. The van der Waals surface area contributed by atoms with Crippen LogP contribution in [0, 0.1) is 0 Å². The van der Waals surface area contributed by atoms with Crippen LogP contribution in [0.25, 0.3) is 33.8 Å². The fraction of sp³-hybridized carbons (Fsp3) is 0.350. The number of hydrogen-bond acceptors (Lipinski definition) is 9. The van der Waals surface area contributed by atoms with Gasteiger partial charge in [-0.1, -0.05) is 0 Å². The lowest BCUT2D eigenvalue weighted by Crippen LogP contribution is -2.37. The standard InChI is InChI=1S/C20H20N8OS/c1-11-8-14-13(2-7-30-14)17-24-16-15(12-9-22-19(21)23-10-12)25-20(26-18(16)28(11)17)27-3-5-29-6-4-27/h2,7,9-11H,3-6,8H2,1H3,(H2,21,22,23). The molecule has 0 radical (unpaired) electrons. The quantitative estimate of drug-likeness (QED) is 0.527. The molecule has 6 heterocycles. The highest BCUT2D eigenvalue weighted by Gasteiger charge is 2.29. The van der Waals surface area contributed by atoms with Crippen molar-refractivity contribution in [2.24, 2.45) is 0 Å². The maximum atomic E-state index is 5.71. The predicted molar refractivity (Wildman–Crippen MR) is 116 cm³/mol. The van der Waals surface area contributed by atoms with E-state index in [1.54, 1.807) is 23.7 Å². The van der Waals surface area contributed by atoms with Gasteiger partial charge < -0.3 is 19.9 Å². The van der Waals surface area contributed by atoms with E-state index in [9.17, 15) is 0 Å². The minimum absolute atomic E-state index is 0.234. The van der Waals surface area contributed by atoms with Crippen molar-refractivity contribution in [3.63, 3.8) is 0 Å². The molecule has 4 aromatic heterocycles. The van der Waals surface area contributed by atoms with Crippen LogP contribution in [0.2, 0.25) is 0 Å². The van der Waals surface area contributed by atoms with E-state index in [0.29, 0.717) is 19.2 Å². The summed E-state index contributed by atoms with van der Waals surface area (Å²) in [6.07, 6.45) is 4.37. The largest absolute Gasteiger partial charge is 0.378 e. The summed E-state index contributed by atoms with van der Waals surface area (Å²) in [4.78, 5) is 26.8. The molecule has 0 saturated carbocycles. The topological polar surface area (TPSA) is 108 Å². The number of nitrogens with zero attached hydrogens (tertiary/aromatic N) is 7. The van der Waals surface area contributed by atoms with Crippen LogP contribution < -0.4 is 10.6 Å². The molecule has 1 unspecified atom stereocenters. The first kappa shape index (κ1) is 17.7. The Hall–Kier alpha value is -3.11. The molecule has 2 aliphatic rings. The highest BCUT2D eigenvalue weighted by Crippen LogP contribution is 2.41. The van der Waals surface area contributed by atoms with Crippen LogP contribution in [-0.4, -0.2) is 55.8 Å². The third-order valence-corrected chi connectivity index (χ3v) is 6.62. The predicted octanol–water partition coefficient (Wildman–Crippen LogP) is 2.55. The lowest BCUT2D eigenvalue weighted by molar-refractivity contribution is 0.122. The Morgan fingerprint density at radius 2 is 1.93 bits per heavy atom. The molecule has 6 rings (SSSR count). The second-order valence-electron chi connectivity index (χ2n) is 7.59. The van der Waals surface area contributed by atoms with E-state index < -0.39 is 0 Å². The number of nitrogen functional groups attached to an aromatic ring is 1. The number of aromatic nitrogens is 6. The van der Waals surface area contributed by atoms with Crippen molar-refractivity contribution in [2.45, 2.75) is 19.4 Å². The summed E-state index contributed by atoms with van der Waals surface area (Å²) in [6, 6.07) is 2.41. The van der Waals surface area contributed by atoms with Gasteiger partial charge in [0.2, 0.25) is 11.9 Å². The van der Waals surface area contributed by atoms with E-state index in [4.69, 9.17) is 25.4 Å². The van der Waals surface area contributed by atoms with Crippen molar-refractivity contribution in [1.29, 1.82) is 0 Å². The third-order valence-electron chi connectivity index (χ3n) is 5.67. The first-order chi connectivity index (χ1) is 14.7. The molecule has 2 aliphatic heterocycles. The zero-order chi connectivity index (χ0) is 20.2. The molecular formula is C20H20N8OS. The normalized spacial score (nSPS) is 18.4. The molecule has 10 heteroatoms. The van der Waals surface area contributed by atoms with Crippen LogP contribution in [0.1, 0.15) is 17.8 Å². The maximum Gasteiger partial charge on any atom is 0.228 e. The van der Waals surface area contributed by atoms with E-state index >= 15 is 0 Å². The summed E-state index contributed by atoms with van der Waals surface area (Å²) in [6.45, 7) is 5.07. The number of morpholine rings is 1. The average Bonchev–Trinajstić information content (AvgIpc) is 3.39. The number of anilines is 2. The van der Waals surface area contributed by atoms with E-state index in [-0.39, 0.29) is 12.0 Å². The second kappa shape index (κ2) is 6.71. The maximum absolute atomic E-state index is 5.71. The summed E-state index contributed by atoms with van der Waals surface area (Å²) in [7, 11) is 0. The fourth-order valence-corrected chi connectivity index (χ4v) is 5.19. The van der Waals surface area contributed by atoms with Gasteiger partial charge in [-0.25, -0.2) is 19.9 Å². The molecule has 30 heavy (non-hydrogen) atoms. The fourth-order valence-electron chi connectivity index (χ4n) is 4.19. The Morgan fingerprint density at radius 3 is 2.73 bits per heavy atom. The molecule has 4 aromatic rings. The SMILES string of the molecule is CC1Cc2sccc2-c2nc3c(-c4cnc(N)nc4)nc(N4CCOCC4)nc3n21. The van der Waals surface area contributed by atoms with Gasteiger partial charge in [0.15, 0.2) is 5.65 Å². The van der Waals surface area contributed by atoms with Crippen LogP contribution in [0.4, 0.5) is 11.9 Å². The molecule has 0 aliphatic carbocycles. The molecule has 0 bridgehead atoms. The minimum atomic E-state index is 0.234. The Morgan fingerprint density at radius 1 is 1.13 bits per heavy atom. The first-order valence-corrected chi connectivity index (χ1v) is 10.8. The summed E-state index contributed by atoms with van der Waals surface area (Å²) in [5, 5.41) is 2.13. The molecule has 1 saturated heterocycles. The number of fused-ring (bicyclic) bond motifs is 5. The summed E-state index contributed by atoms with van der Waals surface area (Å²) < 4.78 is 7.76. The van der Waals surface area contributed by atoms with Gasteiger partial charge in [-0.3, -0.25) is 0 Å². The van der Waals surface area contributed by atoms with Gasteiger partial charge in [0.25, 0.3) is 0 Å². The van der Waals surface area contributed by atoms with Gasteiger partial charge in [0.1, 0.15) is 17.0 Å². The highest BCUT2D eigenvalue weighted by molar-refractivity contribution is 7.10. The van der Waals surface area contributed by atoms with Gasteiger partial charge in [0.05, 0.1) is 13.2 Å².